The van der Waals surface area contributed by atoms with E-state index in [2.05, 4.69) is 331 Å². The lowest BCUT2D eigenvalue weighted by atomic mass is 9.95. The van der Waals surface area contributed by atoms with E-state index in [-0.39, 0.29) is 0 Å². The predicted molar refractivity (Wildman–Crippen MR) is 387 cm³/mol. The van der Waals surface area contributed by atoms with Crippen molar-refractivity contribution in [2.24, 2.45) is 0 Å². The van der Waals surface area contributed by atoms with Gasteiger partial charge >= 0.3 is 0 Å². The lowest BCUT2D eigenvalue weighted by Crippen LogP contribution is -2.01. The van der Waals surface area contributed by atoms with Crippen LogP contribution in [0.3, 0.4) is 0 Å². The predicted octanol–water partition coefficient (Wildman–Crippen LogP) is 21.7. The van der Waals surface area contributed by atoms with E-state index in [0.717, 1.165) is 122 Å². The molecule has 8 heteroatoms. The van der Waals surface area contributed by atoms with Crippen LogP contribution in [-0.2, 0) is 0 Å². The summed E-state index contributed by atoms with van der Waals surface area (Å²) in [6.45, 7) is 0. The maximum atomic E-state index is 11.4. The van der Waals surface area contributed by atoms with Gasteiger partial charge in [-0.15, -0.1) is 0 Å². The lowest BCUT2D eigenvalue weighted by molar-refractivity contribution is 1.14. The number of nitrogens with zero attached hydrogens (tertiary/aromatic N) is 8. The van der Waals surface area contributed by atoms with Crippen molar-refractivity contribution in [1.29, 1.82) is 10.5 Å². The molecule has 0 unspecified atom stereocenters. The minimum absolute atomic E-state index is 0.458. The molecule has 0 spiro atoms. The van der Waals surface area contributed by atoms with Crippen molar-refractivity contribution in [1.82, 2.24) is 27.4 Å². The summed E-state index contributed by atoms with van der Waals surface area (Å²) in [4.78, 5) is 0. The third-order valence-corrected chi connectivity index (χ3v) is 19.9. The Balaban J connectivity index is 0.840. The van der Waals surface area contributed by atoms with Crippen molar-refractivity contribution < 1.29 is 0 Å². The maximum Gasteiger partial charge on any atom is 0.0998 e. The zero-order valence-electron chi connectivity index (χ0n) is 50.4. The topological polar surface area (TPSA) is 77.2 Å². The Labute approximate surface area is 537 Å². The second-order valence-electron chi connectivity index (χ2n) is 24.6. The largest absolute Gasteiger partial charge is 0.309 e. The number of hydrogen-bond acceptors (Lipinski definition) is 2. The first-order valence-electron chi connectivity index (χ1n) is 31.8. The van der Waals surface area contributed by atoms with Gasteiger partial charge in [0, 0.05) is 110 Å². The van der Waals surface area contributed by atoms with Crippen LogP contribution in [0.25, 0.3) is 176 Å². The first-order valence-corrected chi connectivity index (χ1v) is 31.8. The summed E-state index contributed by atoms with van der Waals surface area (Å²) in [5.74, 6) is 0. The SMILES string of the molecule is N#Cc1ccc(-n2c3cc(-n4c5ccccc5c5ccccc54)ccc3c3ccc(-n4c5ccccc5c5ccccc54)cc32)cc1-c1cc(-n2c3cc(-n4c5ccccc5c5ccccc54)ccc3c3ccc(-n4c5ccccc5c5ccccc54)cc32)ccc1C#N. The molecule has 0 amide bonds. The molecule has 0 aliphatic rings. The van der Waals surface area contributed by atoms with Gasteiger partial charge in [0.1, 0.15) is 0 Å². The van der Waals surface area contributed by atoms with Crippen molar-refractivity contribution in [2.45, 2.75) is 0 Å². The Morgan fingerprint density at radius 2 is 0.340 bits per heavy atom. The fraction of sp³-hybridized carbons (Fsp3) is 0. The van der Waals surface area contributed by atoms with Gasteiger partial charge in [-0.05, 0) is 133 Å². The van der Waals surface area contributed by atoms with Gasteiger partial charge in [0.05, 0.1) is 89.5 Å². The Hall–Kier alpha value is -13.1. The fourth-order valence-electron chi connectivity index (χ4n) is 15.9. The Morgan fingerprint density at radius 3 is 0.553 bits per heavy atom. The highest BCUT2D eigenvalue weighted by Crippen LogP contribution is 2.44. The van der Waals surface area contributed by atoms with E-state index in [1.165, 1.54) is 43.1 Å². The van der Waals surface area contributed by atoms with Gasteiger partial charge in [-0.25, -0.2) is 0 Å². The van der Waals surface area contributed by atoms with E-state index in [1.807, 2.05) is 12.1 Å². The molecule has 20 aromatic rings. The molecule has 14 aromatic carbocycles. The van der Waals surface area contributed by atoms with Crippen molar-refractivity contribution >= 4 is 131 Å². The average molecular weight is 1200 g/mol. The van der Waals surface area contributed by atoms with Crippen LogP contribution in [0.15, 0.2) is 303 Å². The van der Waals surface area contributed by atoms with Crippen LogP contribution < -0.4 is 0 Å². The van der Waals surface area contributed by atoms with Crippen LogP contribution in [0.4, 0.5) is 0 Å². The first-order chi connectivity index (χ1) is 46.6. The molecule has 0 aliphatic heterocycles. The minimum atomic E-state index is 0.458. The van der Waals surface area contributed by atoms with Crippen molar-refractivity contribution in [2.75, 3.05) is 0 Å². The maximum absolute atomic E-state index is 11.4. The van der Waals surface area contributed by atoms with E-state index in [0.29, 0.717) is 22.3 Å². The molecular formula is C86H50N8. The van der Waals surface area contributed by atoms with E-state index >= 15 is 0 Å². The van der Waals surface area contributed by atoms with Gasteiger partial charge in [0.2, 0.25) is 0 Å². The van der Waals surface area contributed by atoms with Crippen LogP contribution in [-0.4, -0.2) is 27.4 Å². The average Bonchev–Trinajstić information content (AvgIpc) is 1.60. The molecule has 94 heavy (non-hydrogen) atoms. The van der Waals surface area contributed by atoms with Crippen LogP contribution in [0, 0.1) is 22.7 Å². The van der Waals surface area contributed by atoms with Crippen LogP contribution in [0.5, 0.6) is 0 Å². The lowest BCUT2D eigenvalue weighted by Gasteiger charge is -2.16. The molecule has 20 rings (SSSR count). The third-order valence-electron chi connectivity index (χ3n) is 19.9. The highest BCUT2D eigenvalue weighted by atomic mass is 15.0. The normalized spacial score (nSPS) is 12.0. The van der Waals surface area contributed by atoms with Gasteiger partial charge in [-0.3, -0.25) is 0 Å². The van der Waals surface area contributed by atoms with E-state index in [4.69, 9.17) is 0 Å². The quantitative estimate of drug-likeness (QED) is 0.159. The first kappa shape index (κ1) is 51.7. The molecule has 8 nitrogen and oxygen atoms in total. The van der Waals surface area contributed by atoms with Crippen LogP contribution in [0.1, 0.15) is 11.1 Å². The number of fused-ring (bicyclic) bond motifs is 18. The number of aromatic nitrogens is 6. The highest BCUT2D eigenvalue weighted by molar-refractivity contribution is 6.16. The van der Waals surface area contributed by atoms with Crippen molar-refractivity contribution in [3.8, 4) is 57.4 Å². The van der Waals surface area contributed by atoms with Gasteiger partial charge in [0.25, 0.3) is 0 Å². The monoisotopic (exact) mass is 1190 g/mol. The smallest absolute Gasteiger partial charge is 0.0998 e. The van der Waals surface area contributed by atoms with Gasteiger partial charge < -0.3 is 27.4 Å². The van der Waals surface area contributed by atoms with Crippen LogP contribution in [0.2, 0.25) is 0 Å². The molecule has 0 bridgehead atoms. The molecule has 0 fully saturated rings. The molecule has 0 saturated heterocycles. The highest BCUT2D eigenvalue weighted by Gasteiger charge is 2.24. The van der Waals surface area contributed by atoms with E-state index in [9.17, 15) is 10.5 Å². The molecule has 0 saturated carbocycles. The number of para-hydroxylation sites is 8. The second kappa shape index (κ2) is 19.7. The standard InChI is InChI=1S/C86H50N8/c87-51-53-33-35-55(93-83-47-57(89-75-25-9-1-17-61(75)62-18-2-10-26-76(62)89)37-41-69(83)70-42-38-58(48-84(70)93)90-77-27-11-3-19-63(77)64-20-4-12-28-78(64)90)45-73(53)74-46-56(36-34-54(74)52-88)94-85-49-59(91-79-29-13-5-21-65(79)66-22-6-14-30-80(66)91)39-43-71(85)72-44-40-60(50-86(72)94)92-81-31-15-7-23-67(81)68-24-8-16-32-82(68)92/h1-50H. The third kappa shape index (κ3) is 7.25. The Morgan fingerprint density at radius 1 is 0.170 bits per heavy atom. The van der Waals surface area contributed by atoms with E-state index in [1.54, 1.807) is 0 Å². The molecule has 6 aromatic heterocycles. The number of nitriles is 2. The van der Waals surface area contributed by atoms with Gasteiger partial charge in [-0.1, -0.05) is 170 Å². The molecule has 0 atom stereocenters. The molecule has 0 N–H and O–H groups in total. The molecule has 0 radical (unpaired) electrons. The summed E-state index contributed by atoms with van der Waals surface area (Å²) >= 11 is 0. The summed E-state index contributed by atoms with van der Waals surface area (Å²) in [7, 11) is 0. The van der Waals surface area contributed by atoms with Crippen LogP contribution >= 0.6 is 0 Å². The summed E-state index contributed by atoms with van der Waals surface area (Å²) in [5.41, 5.74) is 21.0. The fourth-order valence-corrected chi connectivity index (χ4v) is 15.9. The van der Waals surface area contributed by atoms with Gasteiger partial charge in [0.15, 0.2) is 0 Å². The van der Waals surface area contributed by atoms with E-state index < -0.39 is 0 Å². The summed E-state index contributed by atoms with van der Waals surface area (Å²) in [5, 5.41) is 36.6. The number of rotatable bonds is 7. The molecular weight excluding hydrogens is 1150 g/mol. The number of hydrogen-bond donors (Lipinski definition) is 0. The minimum Gasteiger partial charge on any atom is -0.309 e. The Kier molecular flexibility index (Phi) is 10.8. The van der Waals surface area contributed by atoms with Gasteiger partial charge in [-0.2, -0.15) is 10.5 Å². The summed E-state index contributed by atoms with van der Waals surface area (Å²) in [6, 6.07) is 114. The van der Waals surface area contributed by atoms with Crippen molar-refractivity contribution in [3.05, 3.63) is 314 Å². The summed E-state index contributed by atoms with van der Waals surface area (Å²) < 4.78 is 14.2. The zero-order chi connectivity index (χ0) is 61.9. The second-order valence-corrected chi connectivity index (χ2v) is 24.6. The zero-order valence-corrected chi connectivity index (χ0v) is 50.4. The molecule has 434 valence electrons. The Bertz CT molecular complexity index is 5810. The molecule has 0 aliphatic carbocycles. The summed E-state index contributed by atoms with van der Waals surface area (Å²) in [6.07, 6.45) is 0. The number of benzene rings is 14. The molecule has 6 heterocycles. The van der Waals surface area contributed by atoms with Crippen molar-refractivity contribution in [3.63, 3.8) is 0 Å².